The lowest BCUT2D eigenvalue weighted by atomic mass is 10.4. The van der Waals surface area contributed by atoms with Crippen LogP contribution >= 0.6 is 15.9 Å². The molecule has 8 heteroatoms. The van der Waals surface area contributed by atoms with Crippen LogP contribution in [0.15, 0.2) is 16.7 Å². The van der Waals surface area contributed by atoms with Gasteiger partial charge >= 0.3 is 0 Å². The van der Waals surface area contributed by atoms with E-state index in [1.165, 1.54) is 26.4 Å². The van der Waals surface area contributed by atoms with Crippen molar-refractivity contribution in [3.05, 3.63) is 22.6 Å². The first-order chi connectivity index (χ1) is 7.83. The first kappa shape index (κ1) is 14.3. The summed E-state index contributed by atoms with van der Waals surface area (Å²) in [5.74, 6) is -0.597. The SMILES string of the molecule is CN(C)S(=O)(=O)CCNc1ncc(Br)cc1F. The van der Waals surface area contributed by atoms with E-state index >= 15 is 0 Å². The highest BCUT2D eigenvalue weighted by molar-refractivity contribution is 9.10. The summed E-state index contributed by atoms with van der Waals surface area (Å²) >= 11 is 3.08. The molecular formula is C9H13BrFN3O2S. The van der Waals surface area contributed by atoms with E-state index in [9.17, 15) is 12.8 Å². The van der Waals surface area contributed by atoms with Crippen molar-refractivity contribution in [3.8, 4) is 0 Å². The van der Waals surface area contributed by atoms with Crippen LogP contribution in [0.25, 0.3) is 0 Å². The Morgan fingerprint density at radius 3 is 2.71 bits per heavy atom. The first-order valence-corrected chi connectivity index (χ1v) is 7.18. The van der Waals surface area contributed by atoms with Crippen molar-refractivity contribution in [3.63, 3.8) is 0 Å². The van der Waals surface area contributed by atoms with Gasteiger partial charge in [-0.05, 0) is 22.0 Å². The zero-order chi connectivity index (χ0) is 13.1. The monoisotopic (exact) mass is 325 g/mol. The number of anilines is 1. The normalized spacial score (nSPS) is 11.8. The predicted octanol–water partition coefficient (Wildman–Crippen LogP) is 1.29. The van der Waals surface area contributed by atoms with Gasteiger partial charge in [0.15, 0.2) is 11.6 Å². The van der Waals surface area contributed by atoms with Crippen LogP contribution in [0.5, 0.6) is 0 Å². The number of hydrogen-bond donors (Lipinski definition) is 1. The van der Waals surface area contributed by atoms with Gasteiger partial charge < -0.3 is 5.32 Å². The second-order valence-electron chi connectivity index (χ2n) is 3.51. The molecule has 0 aromatic carbocycles. The maximum Gasteiger partial charge on any atom is 0.215 e. The van der Waals surface area contributed by atoms with E-state index in [0.29, 0.717) is 4.47 Å². The molecule has 1 heterocycles. The fraction of sp³-hybridized carbons (Fsp3) is 0.444. The van der Waals surface area contributed by atoms with Gasteiger partial charge in [0, 0.05) is 31.3 Å². The van der Waals surface area contributed by atoms with Gasteiger partial charge in [0.05, 0.1) is 5.75 Å². The average Bonchev–Trinajstić information content (AvgIpc) is 2.21. The molecule has 0 bridgehead atoms. The lowest BCUT2D eigenvalue weighted by molar-refractivity contribution is 0.521. The summed E-state index contributed by atoms with van der Waals surface area (Å²) in [6, 6.07) is 1.26. The maximum atomic E-state index is 13.3. The van der Waals surface area contributed by atoms with Crippen molar-refractivity contribution in [1.29, 1.82) is 0 Å². The summed E-state index contributed by atoms with van der Waals surface area (Å²) in [6.07, 6.45) is 1.44. The second kappa shape index (κ2) is 5.74. The predicted molar refractivity (Wildman–Crippen MR) is 67.9 cm³/mol. The molecule has 0 atom stereocenters. The zero-order valence-corrected chi connectivity index (χ0v) is 11.8. The number of hydrogen-bond acceptors (Lipinski definition) is 4. The second-order valence-corrected chi connectivity index (χ2v) is 6.73. The fourth-order valence-electron chi connectivity index (χ4n) is 1.03. The Hall–Kier alpha value is -0.730. The molecule has 1 rings (SSSR count). The van der Waals surface area contributed by atoms with Gasteiger partial charge in [0.25, 0.3) is 0 Å². The Kier molecular flexibility index (Phi) is 4.84. The van der Waals surface area contributed by atoms with E-state index in [1.54, 1.807) is 0 Å². The molecule has 0 aliphatic heterocycles. The largest absolute Gasteiger partial charge is 0.367 e. The summed E-state index contributed by atoms with van der Waals surface area (Å²) in [4.78, 5) is 3.80. The van der Waals surface area contributed by atoms with Crippen LogP contribution in [-0.4, -0.2) is 44.1 Å². The Morgan fingerprint density at radius 1 is 1.53 bits per heavy atom. The van der Waals surface area contributed by atoms with E-state index in [0.717, 1.165) is 4.31 Å². The van der Waals surface area contributed by atoms with Crippen molar-refractivity contribution >= 4 is 31.8 Å². The van der Waals surface area contributed by atoms with Crippen LogP contribution in [0.2, 0.25) is 0 Å². The minimum Gasteiger partial charge on any atom is -0.367 e. The summed E-state index contributed by atoms with van der Waals surface area (Å²) in [5.41, 5.74) is 0. The van der Waals surface area contributed by atoms with Crippen LogP contribution in [0.4, 0.5) is 10.2 Å². The van der Waals surface area contributed by atoms with Gasteiger partial charge in [-0.1, -0.05) is 0 Å². The maximum absolute atomic E-state index is 13.3. The van der Waals surface area contributed by atoms with Crippen molar-refractivity contribution in [2.24, 2.45) is 0 Å². The Balaban J connectivity index is 2.58. The van der Waals surface area contributed by atoms with E-state index in [-0.39, 0.29) is 18.1 Å². The Labute approximate surface area is 108 Å². The molecule has 5 nitrogen and oxygen atoms in total. The quantitative estimate of drug-likeness (QED) is 0.886. The first-order valence-electron chi connectivity index (χ1n) is 4.78. The molecule has 0 fully saturated rings. The molecule has 0 radical (unpaired) electrons. The zero-order valence-electron chi connectivity index (χ0n) is 9.44. The van der Waals surface area contributed by atoms with Crippen LogP contribution in [-0.2, 0) is 10.0 Å². The molecule has 0 spiro atoms. The number of aromatic nitrogens is 1. The molecule has 0 amide bonds. The van der Waals surface area contributed by atoms with Crippen LogP contribution in [0.3, 0.4) is 0 Å². The number of halogens is 2. The third kappa shape index (κ3) is 4.21. The number of nitrogens with zero attached hydrogens (tertiary/aromatic N) is 2. The standard InChI is InChI=1S/C9H13BrFN3O2S/c1-14(2)17(15,16)4-3-12-9-8(11)5-7(10)6-13-9/h5-6H,3-4H2,1-2H3,(H,12,13). The summed E-state index contributed by atoms with van der Waals surface area (Å²) < 4.78 is 37.8. The van der Waals surface area contributed by atoms with Crippen molar-refractivity contribution in [2.75, 3.05) is 31.7 Å². The topological polar surface area (TPSA) is 62.3 Å². The van der Waals surface area contributed by atoms with E-state index in [4.69, 9.17) is 0 Å². The Bertz CT molecular complexity index is 493. The number of sulfonamides is 1. The van der Waals surface area contributed by atoms with Crippen LogP contribution in [0, 0.1) is 5.82 Å². The molecule has 17 heavy (non-hydrogen) atoms. The van der Waals surface area contributed by atoms with Gasteiger partial charge in [-0.3, -0.25) is 0 Å². The van der Waals surface area contributed by atoms with E-state index in [1.807, 2.05) is 0 Å². The molecule has 96 valence electrons. The lowest BCUT2D eigenvalue weighted by Crippen LogP contribution is -2.28. The van der Waals surface area contributed by atoms with Crippen molar-refractivity contribution in [2.45, 2.75) is 0 Å². The van der Waals surface area contributed by atoms with Gasteiger partial charge in [-0.25, -0.2) is 22.1 Å². The van der Waals surface area contributed by atoms with Gasteiger partial charge in [-0.15, -0.1) is 0 Å². The average molecular weight is 326 g/mol. The van der Waals surface area contributed by atoms with Gasteiger partial charge in [-0.2, -0.15) is 0 Å². The minimum absolute atomic E-state index is 0.0437. The van der Waals surface area contributed by atoms with Crippen LogP contribution < -0.4 is 5.32 Å². The molecule has 0 saturated carbocycles. The number of rotatable bonds is 5. The molecule has 0 aliphatic rings. The highest BCUT2D eigenvalue weighted by Gasteiger charge is 2.13. The summed E-state index contributed by atoms with van der Waals surface area (Å²) in [7, 11) is -0.374. The summed E-state index contributed by atoms with van der Waals surface area (Å²) in [6.45, 7) is 0.103. The molecular weight excluding hydrogens is 313 g/mol. The third-order valence-electron chi connectivity index (χ3n) is 2.02. The molecule has 0 saturated heterocycles. The van der Waals surface area contributed by atoms with E-state index < -0.39 is 15.8 Å². The Morgan fingerprint density at radius 2 is 2.18 bits per heavy atom. The van der Waals surface area contributed by atoms with Crippen molar-refractivity contribution < 1.29 is 12.8 Å². The lowest BCUT2D eigenvalue weighted by Gasteiger charge is -2.12. The summed E-state index contributed by atoms with van der Waals surface area (Å²) in [5, 5.41) is 2.64. The smallest absolute Gasteiger partial charge is 0.215 e. The third-order valence-corrected chi connectivity index (χ3v) is 4.28. The van der Waals surface area contributed by atoms with Crippen molar-refractivity contribution in [1.82, 2.24) is 9.29 Å². The van der Waals surface area contributed by atoms with Gasteiger partial charge in [0.1, 0.15) is 0 Å². The van der Waals surface area contributed by atoms with Crippen LogP contribution in [0.1, 0.15) is 0 Å². The fourth-order valence-corrected chi connectivity index (χ4v) is 2.05. The molecule has 1 N–H and O–H groups in total. The molecule has 1 aromatic heterocycles. The highest BCUT2D eigenvalue weighted by atomic mass is 79.9. The van der Waals surface area contributed by atoms with E-state index in [2.05, 4.69) is 26.2 Å². The minimum atomic E-state index is -3.28. The molecule has 1 aromatic rings. The number of pyridine rings is 1. The van der Waals surface area contributed by atoms with Gasteiger partial charge in [0.2, 0.25) is 10.0 Å². The molecule has 0 aliphatic carbocycles. The highest BCUT2D eigenvalue weighted by Crippen LogP contribution is 2.15. The molecule has 0 unspecified atom stereocenters. The number of nitrogens with one attached hydrogen (secondary N) is 1.